The molecule has 1 fully saturated rings. The van der Waals surface area contributed by atoms with E-state index in [4.69, 9.17) is 10.5 Å². The number of halogens is 1. The summed E-state index contributed by atoms with van der Waals surface area (Å²) in [5, 5.41) is 3.09. The number of carbonyl (C=O) groups is 1. The molecule has 3 rings (SSSR count). The summed E-state index contributed by atoms with van der Waals surface area (Å²) >= 11 is 0. The van der Waals surface area contributed by atoms with E-state index in [-0.39, 0.29) is 29.1 Å². The van der Waals surface area contributed by atoms with Gasteiger partial charge in [-0.05, 0) is 36.1 Å². The molecule has 3 N–H and O–H groups in total. The van der Waals surface area contributed by atoms with E-state index in [1.165, 1.54) is 12.1 Å². The number of benzene rings is 2. The van der Waals surface area contributed by atoms with E-state index in [0.717, 1.165) is 24.0 Å². The molecule has 0 bridgehead atoms. The van der Waals surface area contributed by atoms with Crippen molar-refractivity contribution in [1.29, 1.82) is 0 Å². The zero-order valence-corrected chi connectivity index (χ0v) is 15.7. The Balaban J connectivity index is 1.69. The third-order valence-corrected chi connectivity index (χ3v) is 5.64. The molecule has 4 nitrogen and oxygen atoms in total. The third-order valence-electron chi connectivity index (χ3n) is 5.64. The molecule has 0 spiro atoms. The van der Waals surface area contributed by atoms with Crippen molar-refractivity contribution >= 4 is 5.91 Å². The van der Waals surface area contributed by atoms with Crippen molar-refractivity contribution in [3.05, 3.63) is 71.5 Å². The normalized spacial score (nSPS) is 18.5. The fraction of sp³-hybridized carbons (Fsp3) is 0.409. The van der Waals surface area contributed by atoms with Gasteiger partial charge in [-0.3, -0.25) is 4.79 Å². The van der Waals surface area contributed by atoms with Crippen LogP contribution < -0.4 is 11.1 Å². The van der Waals surface area contributed by atoms with E-state index in [0.29, 0.717) is 19.8 Å². The summed E-state index contributed by atoms with van der Waals surface area (Å²) in [7, 11) is 0. The second kappa shape index (κ2) is 8.63. The van der Waals surface area contributed by atoms with Gasteiger partial charge < -0.3 is 15.8 Å². The van der Waals surface area contributed by atoms with Gasteiger partial charge in [0.15, 0.2) is 0 Å². The van der Waals surface area contributed by atoms with Gasteiger partial charge in [-0.25, -0.2) is 4.39 Å². The Morgan fingerprint density at radius 2 is 1.78 bits per heavy atom. The molecule has 0 aliphatic carbocycles. The van der Waals surface area contributed by atoms with Gasteiger partial charge >= 0.3 is 0 Å². The summed E-state index contributed by atoms with van der Waals surface area (Å²) in [4.78, 5) is 12.7. The zero-order valence-electron chi connectivity index (χ0n) is 15.7. The Morgan fingerprint density at radius 3 is 2.41 bits per heavy atom. The van der Waals surface area contributed by atoms with Crippen LogP contribution in [0.2, 0.25) is 0 Å². The van der Waals surface area contributed by atoms with Crippen molar-refractivity contribution in [2.24, 2.45) is 11.7 Å². The highest BCUT2D eigenvalue weighted by Gasteiger charge is 2.35. The van der Waals surface area contributed by atoms with Crippen LogP contribution in [0.1, 0.15) is 36.9 Å². The predicted octanol–water partition coefficient (Wildman–Crippen LogP) is 3.33. The van der Waals surface area contributed by atoms with Crippen LogP contribution in [0.3, 0.4) is 0 Å². The molecule has 2 aromatic rings. The number of amides is 1. The molecule has 2 atom stereocenters. The Hall–Kier alpha value is -2.24. The van der Waals surface area contributed by atoms with Crippen LogP contribution in [-0.4, -0.2) is 25.7 Å². The van der Waals surface area contributed by atoms with Crippen LogP contribution >= 0.6 is 0 Å². The molecule has 0 radical (unpaired) electrons. The maximum Gasteiger partial charge on any atom is 0.224 e. The number of rotatable bonds is 6. The van der Waals surface area contributed by atoms with Crippen LogP contribution in [0.4, 0.5) is 4.39 Å². The molecule has 1 amide bonds. The summed E-state index contributed by atoms with van der Waals surface area (Å²) in [6.07, 6.45) is 1.58. The highest BCUT2D eigenvalue weighted by atomic mass is 19.1. The van der Waals surface area contributed by atoms with E-state index in [9.17, 15) is 9.18 Å². The zero-order chi connectivity index (χ0) is 19.3. The lowest BCUT2D eigenvalue weighted by Gasteiger charge is -2.38. The minimum absolute atomic E-state index is 0.0701. The van der Waals surface area contributed by atoms with Gasteiger partial charge in [0.1, 0.15) is 5.82 Å². The fourth-order valence-electron chi connectivity index (χ4n) is 3.68. The molecular formula is C22H27FN2O2. The SMILES string of the molecule is CC(C(=O)NCC1(c2ccc(F)cc2)CCOCC1)C(N)c1ccccc1. The molecule has 0 saturated carbocycles. The quantitative estimate of drug-likeness (QED) is 0.820. The van der Waals surface area contributed by atoms with Crippen molar-refractivity contribution < 1.29 is 13.9 Å². The van der Waals surface area contributed by atoms with Crippen molar-refractivity contribution in [3.63, 3.8) is 0 Å². The van der Waals surface area contributed by atoms with Crippen LogP contribution in [-0.2, 0) is 14.9 Å². The fourth-order valence-corrected chi connectivity index (χ4v) is 3.68. The molecule has 27 heavy (non-hydrogen) atoms. The van der Waals surface area contributed by atoms with Gasteiger partial charge in [0.05, 0.1) is 5.92 Å². The molecule has 2 aromatic carbocycles. The number of nitrogens with two attached hydrogens (primary N) is 1. The lowest BCUT2D eigenvalue weighted by molar-refractivity contribution is -0.125. The second-order valence-electron chi connectivity index (χ2n) is 7.34. The third kappa shape index (κ3) is 4.54. The minimum atomic E-state index is -0.359. The first-order valence-electron chi connectivity index (χ1n) is 9.44. The summed E-state index contributed by atoms with van der Waals surface area (Å²) in [6, 6.07) is 15.9. The molecule has 2 unspecified atom stereocenters. The van der Waals surface area contributed by atoms with Crippen molar-refractivity contribution in [3.8, 4) is 0 Å². The standard InChI is InChI=1S/C22H27FN2O2/c1-16(20(24)17-5-3-2-4-6-17)21(26)25-15-22(11-13-27-14-12-22)18-7-9-19(23)10-8-18/h2-10,16,20H,11-15,24H2,1H3,(H,25,26). The Kier molecular flexibility index (Phi) is 6.24. The summed E-state index contributed by atoms with van der Waals surface area (Å²) in [6.45, 7) is 3.60. The number of nitrogens with one attached hydrogen (secondary N) is 1. The maximum absolute atomic E-state index is 13.3. The number of carbonyl (C=O) groups excluding carboxylic acids is 1. The van der Waals surface area contributed by atoms with E-state index >= 15 is 0 Å². The molecule has 0 aromatic heterocycles. The van der Waals surface area contributed by atoms with E-state index in [1.54, 1.807) is 0 Å². The van der Waals surface area contributed by atoms with Crippen LogP contribution in [0, 0.1) is 11.7 Å². The first kappa shape index (κ1) is 19.5. The Morgan fingerprint density at radius 1 is 1.15 bits per heavy atom. The average Bonchev–Trinajstić information content (AvgIpc) is 2.72. The Labute approximate surface area is 159 Å². The van der Waals surface area contributed by atoms with E-state index < -0.39 is 0 Å². The predicted molar refractivity (Wildman–Crippen MR) is 104 cm³/mol. The van der Waals surface area contributed by atoms with Crippen LogP contribution in [0.5, 0.6) is 0 Å². The monoisotopic (exact) mass is 370 g/mol. The molecule has 1 saturated heterocycles. The average molecular weight is 370 g/mol. The molecule has 1 aliphatic heterocycles. The summed E-state index contributed by atoms with van der Waals surface area (Å²) in [5.41, 5.74) is 8.03. The van der Waals surface area contributed by atoms with Gasteiger partial charge in [0.25, 0.3) is 0 Å². The van der Waals surface area contributed by atoms with Gasteiger partial charge in [-0.15, -0.1) is 0 Å². The maximum atomic E-state index is 13.3. The highest BCUT2D eigenvalue weighted by Crippen LogP contribution is 2.34. The first-order chi connectivity index (χ1) is 13.0. The van der Waals surface area contributed by atoms with Crippen LogP contribution in [0.15, 0.2) is 54.6 Å². The molecule has 144 valence electrons. The lowest BCUT2D eigenvalue weighted by Crippen LogP contribution is -2.46. The van der Waals surface area contributed by atoms with E-state index in [2.05, 4.69) is 5.32 Å². The van der Waals surface area contributed by atoms with Crippen molar-refractivity contribution in [1.82, 2.24) is 5.32 Å². The summed E-state index contributed by atoms with van der Waals surface area (Å²) in [5.74, 6) is -0.677. The van der Waals surface area contributed by atoms with Gasteiger partial charge in [-0.2, -0.15) is 0 Å². The number of hydrogen-bond acceptors (Lipinski definition) is 3. The molecule has 1 heterocycles. The number of hydrogen-bond donors (Lipinski definition) is 2. The second-order valence-corrected chi connectivity index (χ2v) is 7.34. The Bertz CT molecular complexity index is 743. The first-order valence-corrected chi connectivity index (χ1v) is 9.44. The summed E-state index contributed by atoms with van der Waals surface area (Å²) < 4.78 is 18.9. The largest absolute Gasteiger partial charge is 0.381 e. The van der Waals surface area contributed by atoms with Crippen molar-refractivity contribution in [2.45, 2.75) is 31.2 Å². The van der Waals surface area contributed by atoms with Gasteiger partial charge in [0, 0.05) is 31.2 Å². The topological polar surface area (TPSA) is 64.3 Å². The minimum Gasteiger partial charge on any atom is -0.381 e. The molecule has 5 heteroatoms. The highest BCUT2D eigenvalue weighted by molar-refractivity contribution is 5.79. The van der Waals surface area contributed by atoms with Gasteiger partial charge in [0.2, 0.25) is 5.91 Å². The van der Waals surface area contributed by atoms with Gasteiger partial charge in [-0.1, -0.05) is 49.4 Å². The van der Waals surface area contributed by atoms with Crippen LogP contribution in [0.25, 0.3) is 0 Å². The molecule has 1 aliphatic rings. The lowest BCUT2D eigenvalue weighted by atomic mass is 9.74. The van der Waals surface area contributed by atoms with E-state index in [1.807, 2.05) is 49.4 Å². The molecular weight excluding hydrogens is 343 g/mol. The smallest absolute Gasteiger partial charge is 0.224 e. The van der Waals surface area contributed by atoms with Crippen molar-refractivity contribution in [2.75, 3.05) is 19.8 Å². The number of ether oxygens (including phenoxy) is 1.